The Morgan fingerprint density at radius 1 is 0.368 bits per heavy atom. The van der Waals surface area contributed by atoms with E-state index < -0.39 is 267 Å². The molecular formula is C86H127N27O23. The molecule has 0 radical (unpaired) electrons. The minimum Gasteiger partial charge on any atom is -0.508 e. The van der Waals surface area contributed by atoms with Crippen LogP contribution in [0.5, 0.6) is 5.75 Å². The quantitative estimate of drug-likeness (QED) is 0.00978. The van der Waals surface area contributed by atoms with Gasteiger partial charge in [0.1, 0.15) is 90.8 Å². The Labute approximate surface area is 781 Å². The average Bonchev–Trinajstić information content (AvgIpc) is 1.68. The number of rotatable bonds is 60. The number of H-pyrrole nitrogens is 2. The maximum atomic E-state index is 15.0. The van der Waals surface area contributed by atoms with Crippen molar-refractivity contribution in [3.63, 3.8) is 0 Å². The lowest BCUT2D eigenvalue weighted by Crippen LogP contribution is -2.62. The van der Waals surface area contributed by atoms with Crippen molar-refractivity contribution in [2.24, 2.45) is 46.4 Å². The van der Waals surface area contributed by atoms with Crippen LogP contribution in [0.1, 0.15) is 135 Å². The molecule has 50 nitrogen and oxygen atoms in total. The number of aliphatic hydroxyl groups excluding tert-OH is 1. The number of hydrogen-bond acceptors (Lipinski definition) is 24. The maximum Gasteiger partial charge on any atom is 0.322 e. The van der Waals surface area contributed by atoms with Crippen molar-refractivity contribution in [3.05, 3.63) is 102 Å². The molecule has 0 unspecified atom stereocenters. The molecule has 2 heterocycles. The van der Waals surface area contributed by atoms with Gasteiger partial charge in [-0.2, -0.15) is 0 Å². The highest BCUT2D eigenvalue weighted by atomic mass is 16.4. The highest BCUT2D eigenvalue weighted by Gasteiger charge is 2.40. The van der Waals surface area contributed by atoms with E-state index in [4.69, 9.17) is 44.9 Å². The molecule has 5 rings (SSSR count). The number of primary amides is 1. The molecule has 0 bridgehead atoms. The van der Waals surface area contributed by atoms with Crippen LogP contribution in [0.25, 0.3) is 21.8 Å². The topological polar surface area (TPSA) is 846 Å². The lowest BCUT2D eigenvalue weighted by atomic mass is 9.98. The number of carbonyl (C=O) groups is 18. The van der Waals surface area contributed by atoms with Crippen molar-refractivity contribution >= 4 is 146 Å². The van der Waals surface area contributed by atoms with Crippen LogP contribution in [0.4, 0.5) is 0 Å². The highest BCUT2D eigenvalue weighted by Crippen LogP contribution is 2.23. The summed E-state index contributed by atoms with van der Waals surface area (Å²) in [6.07, 6.45) is -2.67. The lowest BCUT2D eigenvalue weighted by molar-refractivity contribution is -0.142. The summed E-state index contributed by atoms with van der Waals surface area (Å²) in [7, 11) is 0. The number of nitrogens with two attached hydrogens (primary N) is 5. The second kappa shape index (κ2) is 55.9. The van der Waals surface area contributed by atoms with Gasteiger partial charge in [0.2, 0.25) is 88.6 Å². The van der Waals surface area contributed by atoms with Gasteiger partial charge in [0.15, 0.2) is 17.9 Å². The predicted molar refractivity (Wildman–Crippen MR) is 492 cm³/mol. The molecule has 744 valence electrons. The number of carboxylic acids is 3. The minimum absolute atomic E-state index is 0.00277. The number of amides is 15. The number of benzene rings is 3. The Morgan fingerprint density at radius 3 is 1.11 bits per heavy atom. The number of aromatic nitrogens is 2. The molecule has 13 atom stereocenters. The zero-order valence-corrected chi connectivity index (χ0v) is 76.1. The summed E-state index contributed by atoms with van der Waals surface area (Å²) in [5.74, 6) is -24.5. The van der Waals surface area contributed by atoms with Crippen LogP contribution >= 0.6 is 0 Å². The second-order valence-corrected chi connectivity index (χ2v) is 33.4. The Morgan fingerprint density at radius 2 is 0.713 bits per heavy atom. The van der Waals surface area contributed by atoms with Crippen LogP contribution in [0, 0.1) is 34.0 Å². The highest BCUT2D eigenvalue weighted by molar-refractivity contribution is 6.02. The molecule has 0 fully saturated rings. The van der Waals surface area contributed by atoms with E-state index in [2.05, 4.69) is 100 Å². The van der Waals surface area contributed by atoms with Crippen molar-refractivity contribution < 1.29 is 112 Å². The molecule has 0 saturated carbocycles. The summed E-state index contributed by atoms with van der Waals surface area (Å²) in [5.41, 5.74) is 30.2. The number of hydrogen-bond donors (Lipinski definition) is 32. The fourth-order valence-corrected chi connectivity index (χ4v) is 14.2. The molecule has 136 heavy (non-hydrogen) atoms. The van der Waals surface area contributed by atoms with Gasteiger partial charge in [-0.1, -0.05) is 90.1 Å². The number of phenols is 1. The summed E-state index contributed by atoms with van der Waals surface area (Å²) in [5, 5.41) is 116. The van der Waals surface area contributed by atoms with Crippen LogP contribution in [0.15, 0.2) is 85.2 Å². The van der Waals surface area contributed by atoms with Crippen LogP contribution < -0.4 is 119 Å². The van der Waals surface area contributed by atoms with E-state index in [0.717, 1.165) is 10.9 Å². The first-order valence-electron chi connectivity index (χ1n) is 43.8. The molecule has 5 aromatic rings. The monoisotopic (exact) mass is 1910 g/mol. The SMILES string of the molecule is CC(C)C[C@H](NC(=O)[C@H](CC(N)=O)NC(=O)[C@H](CO)NC(=O)[C@H](CC(C)C)NC(=O)[C@H](Cc1ccc(O)cc1)NC(=O)[C@@H](NC(=O)[C@H](CCCNC(=N)N)NC(=O)[C@H](Cc1c[nH]c2ccccc12)NC(=O)CN)C(C)C)C(=O)N[C@@H](Cc1c[nH]c2ccccc12)C(=O)N[C@@H](CC(=O)O)C(=O)N[C@@H](CCC(=O)O)C(=O)N[C@@H](CCCNC(=N)N)C(=O)N[C@@H](CCCNC(=N)N)C(=O)NCC(=O)O. The molecule has 0 aliphatic rings. The first-order chi connectivity index (χ1) is 64.2. The third-order valence-electron chi connectivity index (χ3n) is 21.0. The Bertz CT molecular complexity index is 5040. The number of fused-ring (bicyclic) bond motifs is 2. The van der Waals surface area contributed by atoms with Crippen LogP contribution in [-0.2, 0) is 106 Å². The van der Waals surface area contributed by atoms with Gasteiger partial charge < -0.3 is 155 Å². The number of carboxylic acid groups (broad SMARTS) is 3. The van der Waals surface area contributed by atoms with Gasteiger partial charge in [0, 0.05) is 79.5 Å². The molecule has 0 saturated heterocycles. The number of para-hydroxylation sites is 2. The van der Waals surface area contributed by atoms with Gasteiger partial charge >= 0.3 is 17.9 Å². The third kappa shape index (κ3) is 38.9. The van der Waals surface area contributed by atoms with Crippen molar-refractivity contribution in [3.8, 4) is 5.75 Å². The Kier molecular flexibility index (Phi) is 45.7. The van der Waals surface area contributed by atoms with E-state index in [1.54, 1.807) is 90.2 Å². The summed E-state index contributed by atoms with van der Waals surface area (Å²) < 4.78 is 0. The molecule has 2 aromatic heterocycles. The number of aromatic amines is 2. The Balaban J connectivity index is 1.41. The second-order valence-electron chi connectivity index (χ2n) is 33.4. The summed E-state index contributed by atoms with van der Waals surface area (Å²) in [4.78, 5) is 257. The summed E-state index contributed by atoms with van der Waals surface area (Å²) in [6.45, 7) is 7.05. The van der Waals surface area contributed by atoms with E-state index in [-0.39, 0.29) is 95.6 Å². The van der Waals surface area contributed by atoms with Crippen molar-refractivity contribution in [1.29, 1.82) is 16.2 Å². The molecular weight excluding hydrogens is 1780 g/mol. The molecule has 37 N–H and O–H groups in total. The number of aliphatic hydroxyl groups is 1. The van der Waals surface area contributed by atoms with Gasteiger partial charge in [0.25, 0.3) is 0 Å². The van der Waals surface area contributed by atoms with Gasteiger partial charge in [-0.05, 0) is 116 Å². The van der Waals surface area contributed by atoms with E-state index in [1.807, 2.05) is 6.07 Å². The van der Waals surface area contributed by atoms with Crippen LogP contribution in [-0.4, -0.2) is 278 Å². The average molecular weight is 1910 g/mol. The van der Waals surface area contributed by atoms with E-state index in [1.165, 1.54) is 30.5 Å². The largest absolute Gasteiger partial charge is 0.508 e. The van der Waals surface area contributed by atoms with Crippen LogP contribution in [0.2, 0.25) is 0 Å². The Hall–Kier alpha value is -15.3. The molecule has 50 heteroatoms. The summed E-state index contributed by atoms with van der Waals surface area (Å²) in [6, 6.07) is -3.13. The fraction of sp³-hybridized carbons (Fsp3) is 0.500. The molecule has 3 aromatic carbocycles. The number of aliphatic carboxylic acids is 3. The van der Waals surface area contributed by atoms with Gasteiger partial charge in [-0.15, -0.1) is 0 Å². The van der Waals surface area contributed by atoms with Crippen molar-refractivity contribution in [2.75, 3.05) is 39.3 Å². The van der Waals surface area contributed by atoms with Crippen molar-refractivity contribution in [2.45, 2.75) is 216 Å². The van der Waals surface area contributed by atoms with E-state index in [9.17, 15) is 112 Å². The van der Waals surface area contributed by atoms with Gasteiger partial charge in [0.05, 0.1) is 26.0 Å². The van der Waals surface area contributed by atoms with E-state index in [0.29, 0.717) is 27.6 Å². The van der Waals surface area contributed by atoms with Crippen LogP contribution in [0.3, 0.4) is 0 Å². The molecule has 15 amide bonds. The zero-order chi connectivity index (χ0) is 101. The molecule has 0 spiro atoms. The third-order valence-corrected chi connectivity index (χ3v) is 21.0. The zero-order valence-electron chi connectivity index (χ0n) is 76.1. The summed E-state index contributed by atoms with van der Waals surface area (Å²) >= 11 is 0. The van der Waals surface area contributed by atoms with Gasteiger partial charge in [-0.25, -0.2) is 0 Å². The first-order valence-corrected chi connectivity index (χ1v) is 43.8. The normalized spacial score (nSPS) is 14.0. The standard InChI is InChI=1S/C86H127N27O23/c1-42(2)30-57(75(128)108-61(34-47-39-99-52-17-10-8-15-50(47)52)79(132)110-63(36-68(120)121)81(134)105-56(25-26-67(118)119)73(126)103-54(19-12-28-96-85(91)92)72(125)102-53(18-11-27-95-84(89)90)71(124)100-40-69(122)123)107-80(133)62(35-65(88)116)109-82(135)64(41-114)112-76(129)58(31-43(3)4)106-77(130)59(32-45-21-23-48(115)24-22-45)111-83(136)70(44(5)6)113-74(127)55(20-13-29-97-86(93)94)104-78(131)60(101-66(117)37-87)33-46-38-98-51-16-9-7-14-49(46)51/h7-10,14-17,21-24,38-39,42-44,53-64,70,98-99,114-115H,11-13,18-20,25-37,40-41,87H2,1-6H3,(H2,88,116)(H,100,124)(H,101,117)(H,102,125)(H,103,126)(H,104,131)(H,105,134)(H,106,130)(H,107,133)(H,108,128)(H,109,135)(H,110,132)(H,111,136)(H,112,129)(H,113,127)(H,118,119)(H,120,121)(H,122,123)(H4,89,90,95)(H4,91,92,96)(H4,93,94,97)/t53-,54-,55-,56-,57-,58-,59-,60-,61-,62-,63-,64-,70-/m0/s1. The number of aromatic hydroxyl groups is 1. The van der Waals surface area contributed by atoms with Gasteiger partial charge in [-0.3, -0.25) is 103 Å². The van der Waals surface area contributed by atoms with Crippen molar-refractivity contribution in [1.82, 2.24) is 100 Å². The maximum absolute atomic E-state index is 15.0. The lowest BCUT2D eigenvalue weighted by Gasteiger charge is -2.29. The fourth-order valence-electron chi connectivity index (χ4n) is 14.2. The predicted octanol–water partition coefficient (Wildman–Crippen LogP) is -6.41. The molecule has 0 aliphatic heterocycles. The molecule has 0 aliphatic carbocycles. The smallest absolute Gasteiger partial charge is 0.322 e. The number of guanidine groups is 3. The number of nitrogens with one attached hydrogen (secondary N) is 22. The number of carbonyl (C=O) groups excluding carboxylic acids is 15. The van der Waals surface area contributed by atoms with E-state index >= 15 is 0 Å². The first kappa shape index (κ1) is 111. The number of phenolic OH excluding ortho intramolecular Hbond substituents is 1. The minimum atomic E-state index is -2.19.